The molecule has 1 aromatic rings. The number of carbonyl (C=O) groups is 1. The number of aliphatic hydroxyl groups is 1. The van der Waals surface area contributed by atoms with Crippen LogP contribution in [-0.2, 0) is 11.2 Å². The Morgan fingerprint density at radius 3 is 2.58 bits per heavy atom. The standard InChI is InChI=1S/C15H24N2O2/c1-12(8-10-16)2-7-15(19)17-14-5-3-13(4-6-14)9-11-18/h3-6,12,18H,2,7-11,16H2,1H3,(H,17,19). The quantitative estimate of drug-likeness (QED) is 0.671. The molecule has 0 aliphatic carbocycles. The van der Waals surface area contributed by atoms with Gasteiger partial charge in [-0.2, -0.15) is 0 Å². The molecule has 4 nitrogen and oxygen atoms in total. The summed E-state index contributed by atoms with van der Waals surface area (Å²) in [4.78, 5) is 11.7. The second-order valence-corrected chi connectivity index (χ2v) is 4.94. The molecule has 0 aliphatic heterocycles. The molecule has 0 bridgehead atoms. The first-order valence-electron chi connectivity index (χ1n) is 6.85. The molecular weight excluding hydrogens is 240 g/mol. The number of aliphatic hydroxyl groups excluding tert-OH is 1. The highest BCUT2D eigenvalue weighted by molar-refractivity contribution is 5.90. The van der Waals surface area contributed by atoms with Crippen molar-refractivity contribution in [3.05, 3.63) is 29.8 Å². The molecule has 4 heteroatoms. The molecule has 0 aromatic heterocycles. The molecule has 19 heavy (non-hydrogen) atoms. The first kappa shape index (κ1) is 15.7. The van der Waals surface area contributed by atoms with Crippen LogP contribution >= 0.6 is 0 Å². The maximum absolute atomic E-state index is 11.7. The fourth-order valence-electron chi connectivity index (χ4n) is 1.91. The van der Waals surface area contributed by atoms with Crippen LogP contribution in [0.3, 0.4) is 0 Å². The molecule has 1 aromatic carbocycles. The van der Waals surface area contributed by atoms with E-state index in [2.05, 4.69) is 12.2 Å². The van der Waals surface area contributed by atoms with Crippen LogP contribution in [0.5, 0.6) is 0 Å². The van der Waals surface area contributed by atoms with E-state index < -0.39 is 0 Å². The van der Waals surface area contributed by atoms with Gasteiger partial charge in [0.1, 0.15) is 0 Å². The van der Waals surface area contributed by atoms with Gasteiger partial charge in [-0.1, -0.05) is 19.1 Å². The van der Waals surface area contributed by atoms with E-state index >= 15 is 0 Å². The fraction of sp³-hybridized carbons (Fsp3) is 0.533. The Bertz CT molecular complexity index is 376. The van der Waals surface area contributed by atoms with E-state index in [4.69, 9.17) is 10.8 Å². The number of nitrogens with two attached hydrogens (primary N) is 1. The summed E-state index contributed by atoms with van der Waals surface area (Å²) >= 11 is 0. The Hall–Kier alpha value is -1.39. The minimum absolute atomic E-state index is 0.0405. The average Bonchev–Trinajstić information content (AvgIpc) is 2.39. The maximum Gasteiger partial charge on any atom is 0.224 e. The third-order valence-electron chi connectivity index (χ3n) is 3.16. The molecule has 1 amide bonds. The number of hydrogen-bond donors (Lipinski definition) is 3. The normalized spacial score (nSPS) is 12.2. The van der Waals surface area contributed by atoms with Crippen molar-refractivity contribution in [3.8, 4) is 0 Å². The third kappa shape index (κ3) is 6.36. The molecule has 1 atom stereocenters. The summed E-state index contributed by atoms with van der Waals surface area (Å²) in [6.45, 7) is 2.93. The van der Waals surface area contributed by atoms with Crippen molar-refractivity contribution in [1.29, 1.82) is 0 Å². The Morgan fingerprint density at radius 2 is 2.00 bits per heavy atom. The molecule has 0 radical (unpaired) electrons. The molecular formula is C15H24N2O2. The van der Waals surface area contributed by atoms with Gasteiger partial charge in [-0.3, -0.25) is 4.79 Å². The van der Waals surface area contributed by atoms with Crippen molar-refractivity contribution >= 4 is 11.6 Å². The number of benzene rings is 1. The molecule has 4 N–H and O–H groups in total. The van der Waals surface area contributed by atoms with Gasteiger partial charge in [0, 0.05) is 18.7 Å². The van der Waals surface area contributed by atoms with Crippen LogP contribution in [-0.4, -0.2) is 24.2 Å². The number of nitrogens with one attached hydrogen (secondary N) is 1. The number of amides is 1. The van der Waals surface area contributed by atoms with E-state index in [0.717, 1.165) is 24.1 Å². The van der Waals surface area contributed by atoms with Crippen LogP contribution in [0.2, 0.25) is 0 Å². The lowest BCUT2D eigenvalue weighted by Gasteiger charge is -2.10. The van der Waals surface area contributed by atoms with Gasteiger partial charge in [0.25, 0.3) is 0 Å². The first-order valence-corrected chi connectivity index (χ1v) is 6.85. The zero-order valence-electron chi connectivity index (χ0n) is 11.6. The molecule has 0 fully saturated rings. The van der Waals surface area contributed by atoms with Crippen molar-refractivity contribution in [2.75, 3.05) is 18.5 Å². The summed E-state index contributed by atoms with van der Waals surface area (Å²) in [5, 5.41) is 11.7. The van der Waals surface area contributed by atoms with Crippen LogP contribution in [0.15, 0.2) is 24.3 Å². The van der Waals surface area contributed by atoms with Crippen LogP contribution in [0.4, 0.5) is 5.69 Å². The van der Waals surface area contributed by atoms with Crippen molar-refractivity contribution in [2.45, 2.75) is 32.6 Å². The van der Waals surface area contributed by atoms with Crippen molar-refractivity contribution in [2.24, 2.45) is 11.7 Å². The van der Waals surface area contributed by atoms with E-state index in [9.17, 15) is 4.79 Å². The lowest BCUT2D eigenvalue weighted by Crippen LogP contribution is -2.14. The number of hydrogen-bond acceptors (Lipinski definition) is 3. The smallest absolute Gasteiger partial charge is 0.224 e. The zero-order valence-corrected chi connectivity index (χ0v) is 11.6. The maximum atomic E-state index is 11.7. The van der Waals surface area contributed by atoms with Crippen molar-refractivity contribution < 1.29 is 9.90 Å². The molecule has 0 heterocycles. The minimum atomic E-state index is 0.0405. The van der Waals surface area contributed by atoms with Gasteiger partial charge in [0.15, 0.2) is 0 Å². The topological polar surface area (TPSA) is 75.4 Å². The van der Waals surface area contributed by atoms with Gasteiger partial charge in [0.05, 0.1) is 0 Å². The molecule has 1 unspecified atom stereocenters. The second kappa shape index (κ2) is 8.67. The summed E-state index contributed by atoms with van der Waals surface area (Å²) in [7, 11) is 0. The van der Waals surface area contributed by atoms with Gasteiger partial charge >= 0.3 is 0 Å². The Morgan fingerprint density at radius 1 is 1.32 bits per heavy atom. The Balaban J connectivity index is 2.35. The predicted octanol–water partition coefficient (Wildman–Crippen LogP) is 1.92. The van der Waals surface area contributed by atoms with E-state index in [1.165, 1.54) is 0 Å². The van der Waals surface area contributed by atoms with Gasteiger partial charge in [-0.15, -0.1) is 0 Å². The fourth-order valence-corrected chi connectivity index (χ4v) is 1.91. The average molecular weight is 264 g/mol. The van der Waals surface area contributed by atoms with E-state index in [1.807, 2.05) is 24.3 Å². The zero-order chi connectivity index (χ0) is 14.1. The highest BCUT2D eigenvalue weighted by Gasteiger charge is 2.06. The van der Waals surface area contributed by atoms with Crippen LogP contribution in [0, 0.1) is 5.92 Å². The largest absolute Gasteiger partial charge is 0.396 e. The Kier molecular flexibility index (Phi) is 7.15. The van der Waals surface area contributed by atoms with Crippen LogP contribution < -0.4 is 11.1 Å². The van der Waals surface area contributed by atoms with Gasteiger partial charge < -0.3 is 16.2 Å². The SMILES string of the molecule is CC(CCN)CCC(=O)Nc1ccc(CCO)cc1. The highest BCUT2D eigenvalue weighted by atomic mass is 16.2. The summed E-state index contributed by atoms with van der Waals surface area (Å²) in [5.74, 6) is 0.529. The molecule has 0 spiro atoms. The lowest BCUT2D eigenvalue weighted by molar-refractivity contribution is -0.116. The van der Waals surface area contributed by atoms with Crippen LogP contribution in [0.1, 0.15) is 31.7 Å². The number of rotatable bonds is 8. The molecule has 106 valence electrons. The molecule has 0 aliphatic rings. The summed E-state index contributed by atoms with van der Waals surface area (Å²) in [6.07, 6.45) is 3.00. The monoisotopic (exact) mass is 264 g/mol. The summed E-state index contributed by atoms with van der Waals surface area (Å²) in [5.41, 5.74) is 7.35. The van der Waals surface area contributed by atoms with E-state index in [1.54, 1.807) is 0 Å². The van der Waals surface area contributed by atoms with Gasteiger partial charge in [-0.05, 0) is 49.4 Å². The van der Waals surface area contributed by atoms with Crippen LogP contribution in [0.25, 0.3) is 0 Å². The molecule has 1 rings (SSSR count). The number of carbonyl (C=O) groups excluding carboxylic acids is 1. The van der Waals surface area contributed by atoms with Crippen molar-refractivity contribution in [3.63, 3.8) is 0 Å². The molecule has 0 saturated heterocycles. The minimum Gasteiger partial charge on any atom is -0.396 e. The second-order valence-electron chi connectivity index (χ2n) is 4.94. The van der Waals surface area contributed by atoms with E-state index in [0.29, 0.717) is 25.3 Å². The number of anilines is 1. The highest BCUT2D eigenvalue weighted by Crippen LogP contribution is 2.13. The third-order valence-corrected chi connectivity index (χ3v) is 3.16. The van der Waals surface area contributed by atoms with Gasteiger partial charge in [0.2, 0.25) is 5.91 Å². The summed E-state index contributed by atoms with van der Waals surface area (Å²) in [6, 6.07) is 7.57. The first-order chi connectivity index (χ1) is 9.15. The van der Waals surface area contributed by atoms with Gasteiger partial charge in [-0.25, -0.2) is 0 Å². The molecule has 0 saturated carbocycles. The van der Waals surface area contributed by atoms with E-state index in [-0.39, 0.29) is 12.5 Å². The van der Waals surface area contributed by atoms with Crippen molar-refractivity contribution in [1.82, 2.24) is 0 Å². The summed E-state index contributed by atoms with van der Waals surface area (Å²) < 4.78 is 0. The lowest BCUT2D eigenvalue weighted by atomic mass is 10.0. The Labute approximate surface area is 115 Å². The predicted molar refractivity (Wildman–Crippen MR) is 77.9 cm³/mol.